The molecule has 0 bridgehead atoms. The van der Waals surface area contributed by atoms with Gasteiger partial charge in [-0.1, -0.05) is 0 Å². The van der Waals surface area contributed by atoms with Crippen LogP contribution in [0.3, 0.4) is 0 Å². The zero-order valence-electron chi connectivity index (χ0n) is 10.5. The van der Waals surface area contributed by atoms with Gasteiger partial charge in [0.05, 0.1) is 12.1 Å². The molecule has 3 aromatic rings. The van der Waals surface area contributed by atoms with Crippen molar-refractivity contribution >= 4 is 27.5 Å². The Kier molecular flexibility index (Phi) is 3.07. The van der Waals surface area contributed by atoms with E-state index in [2.05, 4.69) is 15.1 Å². The summed E-state index contributed by atoms with van der Waals surface area (Å²) in [5, 5.41) is 5.84. The zero-order valence-corrected chi connectivity index (χ0v) is 11.3. The number of hydrogen-bond acceptors (Lipinski definition) is 6. The fourth-order valence-corrected chi connectivity index (χ4v) is 2.45. The van der Waals surface area contributed by atoms with E-state index in [0.717, 1.165) is 0 Å². The van der Waals surface area contributed by atoms with Crippen molar-refractivity contribution in [3.63, 3.8) is 0 Å². The van der Waals surface area contributed by atoms with Crippen LogP contribution in [0.4, 0.5) is 0 Å². The molecular weight excluding hydrogens is 280 g/mol. The number of rotatable bonds is 3. The number of ether oxygens (including phenoxy) is 1. The summed E-state index contributed by atoms with van der Waals surface area (Å²) >= 11 is 1.32. The Bertz CT molecular complexity index is 832. The highest BCUT2D eigenvalue weighted by molar-refractivity contribution is 7.17. The van der Waals surface area contributed by atoms with Crippen LogP contribution in [0.2, 0.25) is 0 Å². The van der Waals surface area contributed by atoms with Gasteiger partial charge in [-0.05, 0) is 24.4 Å². The van der Waals surface area contributed by atoms with E-state index in [9.17, 15) is 9.59 Å². The molecule has 0 unspecified atom stereocenters. The summed E-state index contributed by atoms with van der Waals surface area (Å²) in [5.41, 5.74) is 0.537. The largest absolute Gasteiger partial charge is 0.461 e. The number of carbonyl (C=O) groups excluding carboxylic acids is 1. The smallest absolute Gasteiger partial charge is 0.358 e. The number of aromatic nitrogens is 4. The Morgan fingerprint density at radius 1 is 1.50 bits per heavy atom. The summed E-state index contributed by atoms with van der Waals surface area (Å²) in [6.07, 6.45) is 1.54. The quantitative estimate of drug-likeness (QED) is 0.735. The molecule has 0 aliphatic rings. The van der Waals surface area contributed by atoms with Crippen molar-refractivity contribution in [2.45, 2.75) is 6.92 Å². The van der Waals surface area contributed by atoms with Crippen LogP contribution in [-0.4, -0.2) is 32.3 Å². The molecule has 20 heavy (non-hydrogen) atoms. The maximum atomic E-state index is 11.9. The first-order chi connectivity index (χ1) is 9.69. The lowest BCUT2D eigenvalue weighted by Crippen LogP contribution is -2.13. The minimum Gasteiger partial charge on any atom is -0.461 e. The molecule has 102 valence electrons. The van der Waals surface area contributed by atoms with E-state index in [0.29, 0.717) is 10.2 Å². The number of carbonyl (C=O) groups is 1. The van der Waals surface area contributed by atoms with Gasteiger partial charge in [0, 0.05) is 6.20 Å². The maximum absolute atomic E-state index is 11.9. The molecule has 0 aromatic carbocycles. The third-order valence-corrected chi connectivity index (χ3v) is 3.50. The fourth-order valence-electron chi connectivity index (χ4n) is 1.73. The van der Waals surface area contributed by atoms with Crippen molar-refractivity contribution in [2.24, 2.45) is 0 Å². The number of fused-ring (bicyclic) bond motifs is 1. The third kappa shape index (κ3) is 2.10. The molecule has 0 spiro atoms. The van der Waals surface area contributed by atoms with Crippen LogP contribution < -0.4 is 5.56 Å². The van der Waals surface area contributed by atoms with Crippen LogP contribution in [0.25, 0.3) is 16.2 Å². The van der Waals surface area contributed by atoms with Gasteiger partial charge in [-0.25, -0.2) is 14.5 Å². The van der Waals surface area contributed by atoms with Crippen molar-refractivity contribution in [1.82, 2.24) is 19.7 Å². The van der Waals surface area contributed by atoms with Crippen LogP contribution in [0.5, 0.6) is 0 Å². The van der Waals surface area contributed by atoms with Crippen LogP contribution in [0.1, 0.15) is 17.4 Å². The minimum atomic E-state index is -0.509. The minimum absolute atomic E-state index is 0.167. The van der Waals surface area contributed by atoms with Gasteiger partial charge in [-0.3, -0.25) is 9.78 Å². The van der Waals surface area contributed by atoms with Gasteiger partial charge in [0.25, 0.3) is 5.56 Å². The zero-order chi connectivity index (χ0) is 14.1. The lowest BCUT2D eigenvalue weighted by atomic mass is 10.4. The molecule has 0 saturated heterocycles. The van der Waals surface area contributed by atoms with Gasteiger partial charge in [0.1, 0.15) is 4.70 Å². The van der Waals surface area contributed by atoms with Crippen molar-refractivity contribution in [2.75, 3.05) is 6.61 Å². The van der Waals surface area contributed by atoms with E-state index < -0.39 is 5.97 Å². The van der Waals surface area contributed by atoms with Gasteiger partial charge >= 0.3 is 5.97 Å². The summed E-state index contributed by atoms with van der Waals surface area (Å²) in [6.45, 7) is 2.00. The topological polar surface area (TPSA) is 89.9 Å². The summed E-state index contributed by atoms with van der Waals surface area (Å²) < 4.78 is 6.75. The number of H-pyrrole nitrogens is 1. The van der Waals surface area contributed by atoms with Crippen LogP contribution in [0.15, 0.2) is 28.5 Å². The monoisotopic (exact) mass is 290 g/mol. The van der Waals surface area contributed by atoms with Crippen LogP contribution >= 0.6 is 11.3 Å². The van der Waals surface area contributed by atoms with Crippen LogP contribution in [-0.2, 0) is 4.74 Å². The second kappa shape index (κ2) is 4.89. The second-order valence-corrected chi connectivity index (χ2v) is 4.81. The Balaban J connectivity index is 2.03. The molecule has 0 atom stereocenters. The first-order valence-electron chi connectivity index (χ1n) is 5.89. The Morgan fingerprint density at radius 2 is 2.35 bits per heavy atom. The number of aromatic amines is 1. The number of thiophene rings is 1. The molecule has 3 aromatic heterocycles. The highest BCUT2D eigenvalue weighted by atomic mass is 32.1. The standard InChI is InChI=1S/C12H10N4O3S/c1-2-19-11(18)8-3-5-16(15-8)12-13-7-4-6-20-9(7)10(17)14-12/h3-6H,2H2,1H3,(H,13,14,17). The van der Waals surface area contributed by atoms with Crippen molar-refractivity contribution < 1.29 is 9.53 Å². The molecule has 0 fully saturated rings. The fraction of sp³-hybridized carbons (Fsp3) is 0.167. The van der Waals surface area contributed by atoms with Crippen LogP contribution in [0, 0.1) is 0 Å². The van der Waals surface area contributed by atoms with Gasteiger partial charge < -0.3 is 4.74 Å². The Hall–Kier alpha value is -2.48. The molecule has 0 aliphatic carbocycles. The summed E-state index contributed by atoms with van der Waals surface area (Å²) in [7, 11) is 0. The van der Waals surface area contributed by atoms with Gasteiger partial charge in [-0.2, -0.15) is 5.10 Å². The molecule has 0 radical (unpaired) electrons. The van der Waals surface area contributed by atoms with E-state index >= 15 is 0 Å². The molecule has 0 saturated carbocycles. The SMILES string of the molecule is CCOC(=O)c1ccn(-c2nc3ccsc3c(=O)[nH]2)n1. The average Bonchev–Trinajstić information content (AvgIpc) is 3.08. The first-order valence-corrected chi connectivity index (χ1v) is 6.77. The van der Waals surface area contributed by atoms with Crippen molar-refractivity contribution in [3.05, 3.63) is 39.8 Å². The molecule has 0 aliphatic heterocycles. The van der Waals surface area contributed by atoms with Gasteiger partial charge in [0.2, 0.25) is 5.95 Å². The van der Waals surface area contributed by atoms with Gasteiger partial charge in [0.15, 0.2) is 5.69 Å². The average molecular weight is 290 g/mol. The first kappa shape index (κ1) is 12.5. The normalized spacial score (nSPS) is 10.8. The van der Waals surface area contributed by atoms with E-state index in [1.807, 2.05) is 0 Å². The lowest BCUT2D eigenvalue weighted by molar-refractivity contribution is 0.0519. The number of nitrogens with one attached hydrogen (secondary N) is 1. The number of nitrogens with zero attached hydrogens (tertiary/aromatic N) is 3. The summed E-state index contributed by atoms with van der Waals surface area (Å²) in [4.78, 5) is 30.3. The van der Waals surface area contributed by atoms with Gasteiger partial charge in [-0.15, -0.1) is 11.3 Å². The lowest BCUT2D eigenvalue weighted by Gasteiger charge is -2.00. The second-order valence-electron chi connectivity index (χ2n) is 3.89. The van der Waals surface area contributed by atoms with Crippen molar-refractivity contribution in [3.8, 4) is 5.95 Å². The van der Waals surface area contributed by atoms with E-state index in [1.54, 1.807) is 24.6 Å². The molecule has 1 N–H and O–H groups in total. The molecule has 0 amide bonds. The van der Waals surface area contributed by atoms with E-state index in [-0.39, 0.29) is 23.8 Å². The molecule has 3 rings (SSSR count). The van der Waals surface area contributed by atoms with E-state index in [1.165, 1.54) is 22.1 Å². The summed E-state index contributed by atoms with van der Waals surface area (Å²) in [6, 6.07) is 3.27. The molecular formula is C12H10N4O3S. The predicted octanol–water partition coefficient (Wildman–Crippen LogP) is 1.35. The van der Waals surface area contributed by atoms with Crippen molar-refractivity contribution in [1.29, 1.82) is 0 Å². The maximum Gasteiger partial charge on any atom is 0.358 e. The highest BCUT2D eigenvalue weighted by Gasteiger charge is 2.13. The van der Waals surface area contributed by atoms with E-state index in [4.69, 9.17) is 4.74 Å². The Labute approximate surface area is 116 Å². The molecule has 8 heteroatoms. The molecule has 3 heterocycles. The highest BCUT2D eigenvalue weighted by Crippen LogP contribution is 2.14. The predicted molar refractivity (Wildman–Crippen MR) is 73.3 cm³/mol. The molecule has 7 nitrogen and oxygen atoms in total. The Morgan fingerprint density at radius 3 is 3.15 bits per heavy atom. The summed E-state index contributed by atoms with van der Waals surface area (Å²) in [5.74, 6) is -0.248. The number of esters is 1. The third-order valence-electron chi connectivity index (χ3n) is 2.59. The number of hydrogen-bond donors (Lipinski definition) is 1.